The molecule has 8 nitrogen and oxygen atoms in total. The highest BCUT2D eigenvalue weighted by Crippen LogP contribution is 2.28. The number of aromatic nitrogens is 5. The number of hydrogen-bond donors (Lipinski definition) is 1. The van der Waals surface area contributed by atoms with Crippen molar-refractivity contribution in [3.8, 4) is 17.1 Å². The van der Waals surface area contributed by atoms with Gasteiger partial charge >= 0.3 is 0 Å². The second kappa shape index (κ2) is 9.44. The van der Waals surface area contributed by atoms with Gasteiger partial charge in [-0.25, -0.2) is 4.68 Å². The van der Waals surface area contributed by atoms with E-state index in [9.17, 15) is 0 Å². The van der Waals surface area contributed by atoms with Crippen molar-refractivity contribution in [3.63, 3.8) is 0 Å². The summed E-state index contributed by atoms with van der Waals surface area (Å²) >= 11 is 1.38. The standard InChI is InChI=1S/C23H26N6O2S/c1-14(2)17-10-9-15(3)11-19(17)30-12-20-26-27-23(29(20)24)32-13-21-25-22(28-31-21)18-8-6-5-7-16(18)4/h5-11,14H,12-13,24H2,1-4H3. The summed E-state index contributed by atoms with van der Waals surface area (Å²) in [6, 6.07) is 14.1. The number of rotatable bonds is 8. The first-order valence-corrected chi connectivity index (χ1v) is 11.3. The quantitative estimate of drug-likeness (QED) is 0.305. The van der Waals surface area contributed by atoms with Crippen molar-refractivity contribution in [2.24, 2.45) is 0 Å². The zero-order valence-electron chi connectivity index (χ0n) is 18.6. The van der Waals surface area contributed by atoms with Gasteiger partial charge in [0.15, 0.2) is 5.82 Å². The zero-order valence-corrected chi connectivity index (χ0v) is 19.4. The van der Waals surface area contributed by atoms with E-state index in [-0.39, 0.29) is 6.61 Å². The van der Waals surface area contributed by atoms with Crippen LogP contribution >= 0.6 is 11.8 Å². The first kappa shape index (κ1) is 21.9. The van der Waals surface area contributed by atoms with E-state index in [4.69, 9.17) is 15.1 Å². The van der Waals surface area contributed by atoms with Crippen LogP contribution in [-0.2, 0) is 12.4 Å². The van der Waals surface area contributed by atoms with Crippen molar-refractivity contribution in [1.82, 2.24) is 25.0 Å². The smallest absolute Gasteiger partial charge is 0.237 e. The van der Waals surface area contributed by atoms with E-state index in [0.717, 1.165) is 28.0 Å². The van der Waals surface area contributed by atoms with Crippen LogP contribution < -0.4 is 10.6 Å². The van der Waals surface area contributed by atoms with Crippen LogP contribution in [0.25, 0.3) is 11.4 Å². The summed E-state index contributed by atoms with van der Waals surface area (Å²) in [5, 5.41) is 13.0. The van der Waals surface area contributed by atoms with Crippen molar-refractivity contribution in [3.05, 3.63) is 70.9 Å². The number of aryl methyl sites for hydroxylation is 2. The lowest BCUT2D eigenvalue weighted by Crippen LogP contribution is -2.16. The van der Waals surface area contributed by atoms with Crippen molar-refractivity contribution in [2.75, 3.05) is 5.84 Å². The number of nitrogens with two attached hydrogens (primary N) is 1. The van der Waals surface area contributed by atoms with Crippen LogP contribution in [0.15, 0.2) is 52.1 Å². The number of nitrogens with zero attached hydrogens (tertiary/aromatic N) is 5. The van der Waals surface area contributed by atoms with Crippen LogP contribution in [0, 0.1) is 13.8 Å². The maximum atomic E-state index is 6.20. The van der Waals surface area contributed by atoms with E-state index in [1.54, 1.807) is 0 Å². The van der Waals surface area contributed by atoms with E-state index in [1.165, 1.54) is 16.4 Å². The SMILES string of the molecule is Cc1ccc(C(C)C)c(OCc2nnc(SCc3nc(-c4ccccc4C)no3)n2N)c1. The maximum absolute atomic E-state index is 6.20. The lowest BCUT2D eigenvalue weighted by atomic mass is 10.0. The minimum atomic E-state index is 0.227. The normalized spacial score (nSPS) is 11.3. The molecule has 0 aliphatic rings. The Morgan fingerprint density at radius 3 is 2.72 bits per heavy atom. The Morgan fingerprint density at radius 1 is 1.12 bits per heavy atom. The molecule has 0 spiro atoms. The van der Waals surface area contributed by atoms with Crippen LogP contribution in [0.3, 0.4) is 0 Å². The highest BCUT2D eigenvalue weighted by atomic mass is 32.2. The number of thioether (sulfide) groups is 1. The predicted molar refractivity (Wildman–Crippen MR) is 124 cm³/mol. The molecule has 2 aromatic heterocycles. The van der Waals surface area contributed by atoms with Crippen LogP contribution in [-0.4, -0.2) is 25.0 Å². The molecule has 166 valence electrons. The number of nitrogen functional groups attached to an aromatic ring is 1. The largest absolute Gasteiger partial charge is 0.485 e. The van der Waals surface area contributed by atoms with Gasteiger partial charge in [-0.1, -0.05) is 67.2 Å². The third-order valence-corrected chi connectivity index (χ3v) is 5.99. The van der Waals surface area contributed by atoms with Crippen LogP contribution in [0.2, 0.25) is 0 Å². The number of ether oxygens (including phenoxy) is 1. The number of benzene rings is 2. The minimum Gasteiger partial charge on any atom is -0.485 e. The highest BCUT2D eigenvalue weighted by Gasteiger charge is 2.16. The molecule has 0 radical (unpaired) electrons. The van der Waals surface area contributed by atoms with Crippen molar-refractivity contribution in [2.45, 2.75) is 51.1 Å². The molecule has 4 rings (SSSR count). The lowest BCUT2D eigenvalue weighted by Gasteiger charge is -2.14. The molecule has 0 saturated heterocycles. The van der Waals surface area contributed by atoms with Crippen molar-refractivity contribution < 1.29 is 9.26 Å². The van der Waals surface area contributed by atoms with Crippen LogP contribution in [0.5, 0.6) is 5.75 Å². The molecule has 2 aromatic carbocycles. The number of hydrogen-bond acceptors (Lipinski definition) is 8. The van der Waals surface area contributed by atoms with Crippen molar-refractivity contribution in [1.29, 1.82) is 0 Å². The summed E-state index contributed by atoms with van der Waals surface area (Å²) < 4.78 is 12.9. The van der Waals surface area contributed by atoms with Gasteiger partial charge in [0, 0.05) is 5.56 Å². The zero-order chi connectivity index (χ0) is 22.7. The average molecular weight is 451 g/mol. The molecule has 0 atom stereocenters. The third kappa shape index (κ3) is 4.77. The average Bonchev–Trinajstić information content (AvgIpc) is 3.37. The Kier molecular flexibility index (Phi) is 6.45. The highest BCUT2D eigenvalue weighted by molar-refractivity contribution is 7.98. The Balaban J connectivity index is 1.40. The molecule has 0 bridgehead atoms. The molecule has 2 heterocycles. The fourth-order valence-electron chi connectivity index (χ4n) is 3.26. The van der Waals surface area contributed by atoms with Gasteiger partial charge in [0.2, 0.25) is 16.9 Å². The Hall–Kier alpha value is -3.33. The summed E-state index contributed by atoms with van der Waals surface area (Å²) in [5.41, 5.74) is 4.33. The molecule has 32 heavy (non-hydrogen) atoms. The van der Waals surface area contributed by atoms with Gasteiger partial charge in [-0.15, -0.1) is 10.2 Å². The van der Waals surface area contributed by atoms with Gasteiger partial charge in [0.1, 0.15) is 12.4 Å². The third-order valence-electron chi connectivity index (χ3n) is 5.06. The predicted octanol–water partition coefficient (Wildman–Crippen LogP) is 4.65. The molecular weight excluding hydrogens is 424 g/mol. The minimum absolute atomic E-state index is 0.227. The first-order valence-electron chi connectivity index (χ1n) is 10.4. The van der Waals surface area contributed by atoms with Gasteiger partial charge in [-0.2, -0.15) is 4.98 Å². The summed E-state index contributed by atoms with van der Waals surface area (Å²) in [5.74, 6) is 9.43. The van der Waals surface area contributed by atoms with Crippen LogP contribution in [0.4, 0.5) is 0 Å². The monoisotopic (exact) mass is 450 g/mol. The van der Waals surface area contributed by atoms with E-state index < -0.39 is 0 Å². The Bertz CT molecular complexity index is 1220. The molecule has 0 aliphatic heterocycles. The molecule has 2 N–H and O–H groups in total. The summed E-state index contributed by atoms with van der Waals surface area (Å²) in [4.78, 5) is 4.48. The molecule has 0 fully saturated rings. The Morgan fingerprint density at radius 2 is 1.94 bits per heavy atom. The van der Waals surface area contributed by atoms with Crippen molar-refractivity contribution >= 4 is 11.8 Å². The van der Waals surface area contributed by atoms with E-state index in [2.05, 4.69) is 46.3 Å². The van der Waals surface area contributed by atoms with Crippen LogP contribution in [0.1, 0.15) is 48.2 Å². The fraction of sp³-hybridized carbons (Fsp3) is 0.304. The molecule has 9 heteroatoms. The first-order chi connectivity index (χ1) is 15.4. The molecule has 4 aromatic rings. The van der Waals surface area contributed by atoms with Gasteiger partial charge < -0.3 is 15.1 Å². The summed E-state index contributed by atoms with van der Waals surface area (Å²) in [6.07, 6.45) is 0. The molecule has 0 amide bonds. The Labute approximate surface area is 191 Å². The summed E-state index contributed by atoms with van der Waals surface area (Å²) in [6.45, 7) is 8.56. The molecular formula is C23H26N6O2S. The fourth-order valence-corrected chi connectivity index (χ4v) is 3.98. The second-order valence-electron chi connectivity index (χ2n) is 7.87. The molecule has 0 saturated carbocycles. The maximum Gasteiger partial charge on any atom is 0.237 e. The van der Waals surface area contributed by atoms with Gasteiger partial charge in [-0.05, 0) is 42.5 Å². The molecule has 0 aliphatic carbocycles. The van der Waals surface area contributed by atoms with Gasteiger partial charge in [0.25, 0.3) is 0 Å². The molecule has 0 unspecified atom stereocenters. The summed E-state index contributed by atoms with van der Waals surface area (Å²) in [7, 11) is 0. The van der Waals surface area contributed by atoms with Gasteiger partial charge in [-0.3, -0.25) is 0 Å². The lowest BCUT2D eigenvalue weighted by molar-refractivity contribution is 0.287. The topological polar surface area (TPSA) is 105 Å². The van der Waals surface area contributed by atoms with E-state index in [1.807, 2.05) is 44.2 Å². The van der Waals surface area contributed by atoms with E-state index >= 15 is 0 Å². The van der Waals surface area contributed by atoms with E-state index in [0.29, 0.717) is 34.4 Å². The second-order valence-corrected chi connectivity index (χ2v) is 8.81. The van der Waals surface area contributed by atoms with Gasteiger partial charge in [0.05, 0.1) is 5.75 Å².